The maximum absolute atomic E-state index is 12.2. The van der Waals surface area contributed by atoms with E-state index in [1.54, 1.807) is 4.57 Å². The first-order chi connectivity index (χ1) is 10.7. The Morgan fingerprint density at radius 3 is 2.77 bits per heavy atom. The summed E-state index contributed by atoms with van der Waals surface area (Å²) in [5.41, 5.74) is 2.03. The summed E-state index contributed by atoms with van der Waals surface area (Å²) in [7, 11) is 0. The van der Waals surface area contributed by atoms with Crippen LogP contribution in [0.25, 0.3) is 0 Å². The maximum Gasteiger partial charge on any atom is 0.330 e. The van der Waals surface area contributed by atoms with Crippen LogP contribution in [0, 0.1) is 0 Å². The van der Waals surface area contributed by atoms with Gasteiger partial charge in [0.15, 0.2) is 0 Å². The number of rotatable bonds is 4. The Balaban J connectivity index is 2.18. The molecular formula is C17H20N2O3. The fourth-order valence-electron chi connectivity index (χ4n) is 3.21. The fraction of sp³-hybridized carbons (Fsp3) is 0.412. The molecule has 1 N–H and O–H groups in total. The highest BCUT2D eigenvalue weighted by molar-refractivity contribution is 5.35. The van der Waals surface area contributed by atoms with Crippen molar-refractivity contribution in [2.45, 2.75) is 38.8 Å². The van der Waals surface area contributed by atoms with Gasteiger partial charge in [0, 0.05) is 23.8 Å². The molecule has 0 saturated carbocycles. The van der Waals surface area contributed by atoms with Gasteiger partial charge in [0.05, 0.1) is 0 Å². The zero-order valence-corrected chi connectivity index (χ0v) is 12.7. The van der Waals surface area contributed by atoms with Crippen molar-refractivity contribution < 1.29 is 4.74 Å². The van der Waals surface area contributed by atoms with E-state index in [9.17, 15) is 9.59 Å². The maximum atomic E-state index is 12.2. The molecule has 5 nitrogen and oxygen atoms in total. The van der Waals surface area contributed by atoms with Crippen molar-refractivity contribution in [1.29, 1.82) is 0 Å². The summed E-state index contributed by atoms with van der Waals surface area (Å²) in [6.07, 6.45) is 2.59. The third-order valence-electron chi connectivity index (χ3n) is 4.22. The Bertz CT molecular complexity index is 762. The summed E-state index contributed by atoms with van der Waals surface area (Å²) >= 11 is 0. The minimum atomic E-state index is -0.389. The minimum Gasteiger partial charge on any atom is -0.361 e. The second-order valence-corrected chi connectivity index (χ2v) is 5.53. The largest absolute Gasteiger partial charge is 0.361 e. The van der Waals surface area contributed by atoms with Crippen LogP contribution in [0.5, 0.6) is 0 Å². The first kappa shape index (κ1) is 14.8. The van der Waals surface area contributed by atoms with Crippen LogP contribution in [-0.2, 0) is 17.9 Å². The third kappa shape index (κ3) is 2.64. The Kier molecular flexibility index (Phi) is 4.24. The zero-order chi connectivity index (χ0) is 15.5. The number of hydrogen-bond donors (Lipinski definition) is 1. The minimum absolute atomic E-state index is 0.0698. The van der Waals surface area contributed by atoms with Crippen LogP contribution in [-0.4, -0.2) is 16.2 Å². The molecule has 0 radical (unpaired) electrons. The molecule has 0 amide bonds. The Morgan fingerprint density at radius 2 is 2.05 bits per heavy atom. The topological polar surface area (TPSA) is 64.1 Å². The van der Waals surface area contributed by atoms with Gasteiger partial charge in [-0.1, -0.05) is 30.3 Å². The number of nitrogens with one attached hydrogen (secondary N) is 1. The molecule has 1 aromatic heterocycles. The van der Waals surface area contributed by atoms with Gasteiger partial charge in [-0.3, -0.25) is 14.3 Å². The van der Waals surface area contributed by atoms with Gasteiger partial charge in [-0.05, 0) is 31.7 Å². The lowest BCUT2D eigenvalue weighted by Crippen LogP contribution is -2.38. The van der Waals surface area contributed by atoms with Gasteiger partial charge in [0.1, 0.15) is 6.73 Å². The smallest absolute Gasteiger partial charge is 0.330 e. The van der Waals surface area contributed by atoms with Gasteiger partial charge in [-0.2, -0.15) is 0 Å². The van der Waals surface area contributed by atoms with Crippen LogP contribution in [0.1, 0.15) is 42.5 Å². The molecule has 1 aliphatic carbocycles. The predicted molar refractivity (Wildman–Crippen MR) is 84.2 cm³/mol. The highest BCUT2D eigenvalue weighted by Gasteiger charge is 2.27. The van der Waals surface area contributed by atoms with E-state index in [0.29, 0.717) is 13.0 Å². The van der Waals surface area contributed by atoms with E-state index in [1.807, 2.05) is 25.1 Å². The van der Waals surface area contributed by atoms with Crippen LogP contribution in [0.15, 0.2) is 39.9 Å². The van der Waals surface area contributed by atoms with E-state index in [2.05, 4.69) is 17.1 Å². The molecule has 1 aliphatic rings. The SMILES string of the molecule is CCOCn1c2c(c(=O)[nH]c1=O)CCC[C@H]2c1ccccc1. The molecule has 0 fully saturated rings. The van der Waals surface area contributed by atoms with Gasteiger partial charge in [-0.15, -0.1) is 0 Å². The van der Waals surface area contributed by atoms with E-state index in [4.69, 9.17) is 4.74 Å². The van der Waals surface area contributed by atoms with Gasteiger partial charge in [0.25, 0.3) is 5.56 Å². The van der Waals surface area contributed by atoms with Crippen molar-refractivity contribution >= 4 is 0 Å². The highest BCUT2D eigenvalue weighted by Crippen LogP contribution is 2.34. The average Bonchev–Trinajstić information content (AvgIpc) is 2.55. The van der Waals surface area contributed by atoms with Gasteiger partial charge in [-0.25, -0.2) is 4.79 Å². The lowest BCUT2D eigenvalue weighted by Gasteiger charge is -2.28. The Labute approximate surface area is 128 Å². The lowest BCUT2D eigenvalue weighted by atomic mass is 9.82. The number of H-pyrrole nitrogens is 1. The summed E-state index contributed by atoms with van der Waals surface area (Å²) in [5.74, 6) is 0.0698. The van der Waals surface area contributed by atoms with E-state index in [1.165, 1.54) is 0 Å². The van der Waals surface area contributed by atoms with Crippen molar-refractivity contribution in [1.82, 2.24) is 9.55 Å². The number of nitrogens with zero attached hydrogens (tertiary/aromatic N) is 1. The van der Waals surface area contributed by atoms with Gasteiger partial charge in [0.2, 0.25) is 0 Å². The van der Waals surface area contributed by atoms with E-state index in [0.717, 1.165) is 29.7 Å². The van der Waals surface area contributed by atoms with Crippen LogP contribution >= 0.6 is 0 Å². The molecule has 3 rings (SSSR count). The normalized spacial score (nSPS) is 17.2. The number of benzene rings is 1. The van der Waals surface area contributed by atoms with E-state index in [-0.39, 0.29) is 23.9 Å². The van der Waals surface area contributed by atoms with Crippen LogP contribution in [0.2, 0.25) is 0 Å². The summed E-state index contributed by atoms with van der Waals surface area (Å²) in [5, 5.41) is 0. The second-order valence-electron chi connectivity index (χ2n) is 5.53. The molecule has 22 heavy (non-hydrogen) atoms. The molecule has 0 aliphatic heterocycles. The molecule has 116 valence electrons. The summed E-state index contributed by atoms with van der Waals surface area (Å²) in [6.45, 7) is 2.59. The average molecular weight is 300 g/mol. The molecular weight excluding hydrogens is 280 g/mol. The number of ether oxygens (including phenoxy) is 1. The van der Waals surface area contributed by atoms with Crippen molar-refractivity contribution in [2.24, 2.45) is 0 Å². The summed E-state index contributed by atoms with van der Waals surface area (Å²) in [4.78, 5) is 26.8. The molecule has 1 aromatic carbocycles. The number of aromatic amines is 1. The monoisotopic (exact) mass is 300 g/mol. The summed E-state index contributed by atoms with van der Waals surface area (Å²) < 4.78 is 7.01. The highest BCUT2D eigenvalue weighted by atomic mass is 16.5. The molecule has 1 atom stereocenters. The van der Waals surface area contributed by atoms with Gasteiger partial charge >= 0.3 is 5.69 Å². The van der Waals surface area contributed by atoms with Crippen LogP contribution < -0.4 is 11.2 Å². The zero-order valence-electron chi connectivity index (χ0n) is 12.7. The fourth-order valence-corrected chi connectivity index (χ4v) is 3.21. The van der Waals surface area contributed by atoms with E-state index >= 15 is 0 Å². The molecule has 0 saturated heterocycles. The van der Waals surface area contributed by atoms with Crippen LogP contribution in [0.3, 0.4) is 0 Å². The van der Waals surface area contributed by atoms with Crippen molar-refractivity contribution in [2.75, 3.05) is 6.61 Å². The molecule has 5 heteroatoms. The first-order valence-corrected chi connectivity index (χ1v) is 7.71. The predicted octanol–water partition coefficient (Wildman–Crippen LogP) is 2.00. The molecule has 0 spiro atoms. The lowest BCUT2D eigenvalue weighted by molar-refractivity contribution is 0.0809. The van der Waals surface area contributed by atoms with E-state index < -0.39 is 0 Å². The van der Waals surface area contributed by atoms with Crippen molar-refractivity contribution in [3.05, 3.63) is 68.0 Å². The standard InChI is InChI=1S/C17H20N2O3/c1-2-22-11-19-15-13(12-7-4-3-5-8-12)9-6-10-14(15)16(20)18-17(19)21/h3-5,7-8,13H,2,6,9-11H2,1H3,(H,18,20,21)/t13-/m0/s1. The van der Waals surface area contributed by atoms with Crippen molar-refractivity contribution in [3.8, 4) is 0 Å². The number of aromatic nitrogens is 2. The summed E-state index contributed by atoms with van der Waals surface area (Å²) in [6, 6.07) is 10.1. The molecule has 0 bridgehead atoms. The first-order valence-electron chi connectivity index (χ1n) is 7.71. The quantitative estimate of drug-likeness (QED) is 0.939. The molecule has 1 heterocycles. The second kappa shape index (κ2) is 6.32. The molecule has 2 aromatic rings. The Hall–Kier alpha value is -2.14. The van der Waals surface area contributed by atoms with Crippen molar-refractivity contribution in [3.63, 3.8) is 0 Å². The molecule has 0 unspecified atom stereocenters. The van der Waals surface area contributed by atoms with Crippen LogP contribution in [0.4, 0.5) is 0 Å². The van der Waals surface area contributed by atoms with Gasteiger partial charge < -0.3 is 4.74 Å². The Morgan fingerprint density at radius 1 is 1.27 bits per heavy atom. The third-order valence-corrected chi connectivity index (χ3v) is 4.22. The number of fused-ring (bicyclic) bond motifs is 1. The number of hydrogen-bond acceptors (Lipinski definition) is 3.